The Morgan fingerprint density at radius 3 is 2.79 bits per heavy atom. The van der Waals surface area contributed by atoms with E-state index in [1.165, 1.54) is 10.9 Å². The Kier molecular flexibility index (Phi) is 5.95. The fourth-order valence-corrected chi connectivity index (χ4v) is 2.14. The highest BCUT2D eigenvalue weighted by molar-refractivity contribution is 5.90. The summed E-state index contributed by atoms with van der Waals surface area (Å²) in [5, 5.41) is 5.46. The average Bonchev–Trinajstić information content (AvgIpc) is 2.57. The molecule has 2 amide bonds. The minimum absolute atomic E-state index is 0.0913. The Morgan fingerprint density at radius 2 is 2.04 bits per heavy atom. The first kappa shape index (κ1) is 17.5. The fourth-order valence-electron chi connectivity index (χ4n) is 2.14. The van der Waals surface area contributed by atoms with Crippen molar-refractivity contribution in [1.29, 1.82) is 0 Å². The molecule has 0 atom stereocenters. The number of urea groups is 1. The Hall–Kier alpha value is -2.83. The van der Waals surface area contributed by atoms with Gasteiger partial charge in [-0.15, -0.1) is 0 Å². The summed E-state index contributed by atoms with van der Waals surface area (Å²) in [6, 6.07) is 6.86. The Morgan fingerprint density at radius 1 is 1.29 bits per heavy atom. The van der Waals surface area contributed by atoms with Gasteiger partial charge in [0.05, 0.1) is 18.6 Å². The average molecular weight is 330 g/mol. The van der Waals surface area contributed by atoms with Crippen LogP contribution in [-0.4, -0.2) is 28.7 Å². The van der Waals surface area contributed by atoms with Gasteiger partial charge in [0.15, 0.2) is 0 Å². The molecule has 1 aromatic heterocycles. The molecule has 2 rings (SSSR count). The quantitative estimate of drug-likeness (QED) is 0.849. The number of nitrogens with zero attached hydrogens (tertiary/aromatic N) is 2. The molecule has 0 radical (unpaired) electrons. The third-order valence-electron chi connectivity index (χ3n) is 3.59. The summed E-state index contributed by atoms with van der Waals surface area (Å²) in [4.78, 5) is 28.2. The molecule has 128 valence electrons. The van der Waals surface area contributed by atoms with Gasteiger partial charge in [-0.3, -0.25) is 9.36 Å². The molecule has 7 heteroatoms. The molecule has 0 saturated heterocycles. The number of nitrogens with one attached hydrogen (secondary N) is 2. The van der Waals surface area contributed by atoms with E-state index < -0.39 is 0 Å². The van der Waals surface area contributed by atoms with Gasteiger partial charge in [0.2, 0.25) is 0 Å². The second kappa shape index (κ2) is 8.14. The second-order valence-corrected chi connectivity index (χ2v) is 5.26. The van der Waals surface area contributed by atoms with E-state index in [-0.39, 0.29) is 11.6 Å². The van der Waals surface area contributed by atoms with Crippen LogP contribution in [0.1, 0.15) is 18.2 Å². The predicted octanol–water partition coefficient (Wildman–Crippen LogP) is 2.08. The molecular formula is C17H22N4O3. The smallest absolute Gasteiger partial charge is 0.319 e. The number of aryl methyl sites for hydroxylation is 1. The van der Waals surface area contributed by atoms with Crippen molar-refractivity contribution < 1.29 is 9.53 Å². The highest BCUT2D eigenvalue weighted by Crippen LogP contribution is 2.23. The normalized spacial score (nSPS) is 10.3. The molecule has 1 heterocycles. The summed E-state index contributed by atoms with van der Waals surface area (Å²) in [6.45, 7) is 6.60. The highest BCUT2D eigenvalue weighted by Gasteiger charge is 2.07. The highest BCUT2D eigenvalue weighted by atomic mass is 16.5. The zero-order valence-electron chi connectivity index (χ0n) is 14.1. The van der Waals surface area contributed by atoms with Crippen LogP contribution in [0.3, 0.4) is 0 Å². The third kappa shape index (κ3) is 4.34. The molecule has 0 fully saturated rings. The number of carbonyl (C=O) groups is 1. The molecule has 0 aliphatic rings. The van der Waals surface area contributed by atoms with Gasteiger partial charge in [-0.25, -0.2) is 9.78 Å². The van der Waals surface area contributed by atoms with Crippen LogP contribution in [0.2, 0.25) is 0 Å². The number of carbonyl (C=O) groups excluding carboxylic acids is 1. The first-order valence-electron chi connectivity index (χ1n) is 7.82. The number of hydrogen-bond donors (Lipinski definition) is 2. The largest absolute Gasteiger partial charge is 0.492 e. The lowest BCUT2D eigenvalue weighted by Crippen LogP contribution is -2.34. The summed E-state index contributed by atoms with van der Waals surface area (Å²) < 4.78 is 6.94. The number of anilines is 1. The van der Waals surface area contributed by atoms with Gasteiger partial charge in [0, 0.05) is 24.3 Å². The molecule has 0 unspecified atom stereocenters. The number of rotatable bonds is 6. The minimum atomic E-state index is -0.355. The Labute approximate surface area is 140 Å². The van der Waals surface area contributed by atoms with Crippen LogP contribution in [-0.2, 0) is 6.54 Å². The molecule has 0 bridgehead atoms. The van der Waals surface area contributed by atoms with E-state index in [9.17, 15) is 9.59 Å². The summed E-state index contributed by atoms with van der Waals surface area (Å²) >= 11 is 0. The lowest BCUT2D eigenvalue weighted by molar-refractivity contribution is 0.251. The lowest BCUT2D eigenvalue weighted by atomic mass is 10.3. The maximum absolute atomic E-state index is 12.1. The maximum Gasteiger partial charge on any atom is 0.319 e. The van der Waals surface area contributed by atoms with Gasteiger partial charge < -0.3 is 15.4 Å². The summed E-state index contributed by atoms with van der Waals surface area (Å²) in [6.07, 6.45) is 1.49. The summed E-state index contributed by atoms with van der Waals surface area (Å²) in [5.41, 5.74) is 1.84. The Bertz CT molecular complexity index is 771. The van der Waals surface area contributed by atoms with Crippen LogP contribution in [0.25, 0.3) is 0 Å². The van der Waals surface area contributed by atoms with Crippen LogP contribution in [0.15, 0.2) is 35.4 Å². The number of aromatic nitrogens is 2. The molecule has 2 N–H and O–H groups in total. The Balaban J connectivity index is 1.91. The van der Waals surface area contributed by atoms with E-state index in [1.807, 2.05) is 19.1 Å². The van der Waals surface area contributed by atoms with Crippen molar-refractivity contribution in [3.05, 3.63) is 52.2 Å². The standard InChI is InChI=1S/C17H22N4O3/c1-4-24-15-8-6-5-7-14(15)20-17(23)18-9-10-21-11-19-13(3)12(2)16(21)22/h5-8,11H,4,9-10H2,1-3H3,(H2,18,20,23). The van der Waals surface area contributed by atoms with E-state index in [1.54, 1.807) is 26.0 Å². The number of amides is 2. The monoisotopic (exact) mass is 330 g/mol. The van der Waals surface area contributed by atoms with Crippen molar-refractivity contribution >= 4 is 11.7 Å². The molecule has 7 nitrogen and oxygen atoms in total. The number of para-hydroxylation sites is 2. The van der Waals surface area contributed by atoms with Crippen LogP contribution in [0.5, 0.6) is 5.75 Å². The third-order valence-corrected chi connectivity index (χ3v) is 3.59. The summed E-state index contributed by atoms with van der Waals surface area (Å²) in [5.74, 6) is 0.615. The molecular weight excluding hydrogens is 308 g/mol. The first-order valence-corrected chi connectivity index (χ1v) is 7.82. The molecule has 0 saturated carbocycles. The van der Waals surface area contributed by atoms with E-state index in [0.29, 0.717) is 36.7 Å². The van der Waals surface area contributed by atoms with Crippen molar-refractivity contribution in [2.24, 2.45) is 0 Å². The van der Waals surface area contributed by atoms with Gasteiger partial charge in [-0.2, -0.15) is 0 Å². The number of benzene rings is 1. The zero-order valence-corrected chi connectivity index (χ0v) is 14.1. The first-order chi connectivity index (χ1) is 11.5. The molecule has 2 aromatic rings. The number of ether oxygens (including phenoxy) is 1. The van der Waals surface area contributed by atoms with Crippen LogP contribution in [0, 0.1) is 13.8 Å². The van der Waals surface area contributed by atoms with E-state index in [2.05, 4.69) is 15.6 Å². The van der Waals surface area contributed by atoms with Gasteiger partial charge >= 0.3 is 6.03 Å². The molecule has 24 heavy (non-hydrogen) atoms. The lowest BCUT2D eigenvalue weighted by Gasteiger charge is -2.12. The number of hydrogen-bond acceptors (Lipinski definition) is 4. The molecule has 0 aliphatic heterocycles. The predicted molar refractivity (Wildman–Crippen MR) is 92.6 cm³/mol. The SMILES string of the molecule is CCOc1ccccc1NC(=O)NCCn1cnc(C)c(C)c1=O. The maximum atomic E-state index is 12.1. The molecule has 0 aliphatic carbocycles. The van der Waals surface area contributed by atoms with Crippen LogP contribution < -0.4 is 20.9 Å². The van der Waals surface area contributed by atoms with Gasteiger partial charge in [-0.05, 0) is 32.9 Å². The van der Waals surface area contributed by atoms with Crippen molar-refractivity contribution in [1.82, 2.24) is 14.9 Å². The fraction of sp³-hybridized carbons (Fsp3) is 0.353. The van der Waals surface area contributed by atoms with E-state index >= 15 is 0 Å². The molecule has 1 aromatic carbocycles. The van der Waals surface area contributed by atoms with E-state index in [0.717, 1.165) is 5.69 Å². The zero-order chi connectivity index (χ0) is 17.5. The van der Waals surface area contributed by atoms with Crippen molar-refractivity contribution in [3.63, 3.8) is 0 Å². The van der Waals surface area contributed by atoms with Crippen molar-refractivity contribution in [2.45, 2.75) is 27.3 Å². The van der Waals surface area contributed by atoms with E-state index in [4.69, 9.17) is 4.74 Å². The molecule has 0 spiro atoms. The van der Waals surface area contributed by atoms with Crippen LogP contribution >= 0.6 is 0 Å². The van der Waals surface area contributed by atoms with Gasteiger partial charge in [0.1, 0.15) is 5.75 Å². The second-order valence-electron chi connectivity index (χ2n) is 5.26. The topological polar surface area (TPSA) is 85.2 Å². The minimum Gasteiger partial charge on any atom is -0.492 e. The summed E-state index contributed by atoms with van der Waals surface area (Å²) in [7, 11) is 0. The van der Waals surface area contributed by atoms with Crippen molar-refractivity contribution in [3.8, 4) is 5.75 Å². The van der Waals surface area contributed by atoms with Gasteiger partial charge in [0.25, 0.3) is 5.56 Å². The van der Waals surface area contributed by atoms with Gasteiger partial charge in [-0.1, -0.05) is 12.1 Å². The van der Waals surface area contributed by atoms with Crippen molar-refractivity contribution in [2.75, 3.05) is 18.5 Å². The van der Waals surface area contributed by atoms with Crippen LogP contribution in [0.4, 0.5) is 10.5 Å².